The quantitative estimate of drug-likeness (QED) is 0.0127. The second-order valence-electron chi connectivity index (χ2n) is 27.4. The van der Waals surface area contributed by atoms with Gasteiger partial charge in [-0.15, -0.1) is 0 Å². The summed E-state index contributed by atoms with van der Waals surface area (Å²) in [5, 5.41) is 56.3. The van der Waals surface area contributed by atoms with Crippen molar-refractivity contribution in [3.05, 3.63) is 102 Å². The van der Waals surface area contributed by atoms with Gasteiger partial charge in [-0.05, 0) is 113 Å². The topological polar surface area (TPSA) is 553 Å². The summed E-state index contributed by atoms with van der Waals surface area (Å²) >= 11 is 0. The molecule has 3 aromatic carbocycles. The summed E-state index contributed by atoms with van der Waals surface area (Å²) in [5.41, 5.74) is 18.8. The summed E-state index contributed by atoms with van der Waals surface area (Å²) in [5.74, 6) is -14.3. The van der Waals surface area contributed by atoms with Crippen molar-refractivity contribution in [2.45, 2.75) is 188 Å². The third-order valence-electron chi connectivity index (χ3n) is 18.8. The number of guanidine groups is 1. The summed E-state index contributed by atoms with van der Waals surface area (Å²) in [4.78, 5) is 212. The lowest BCUT2D eigenvalue weighted by molar-refractivity contribution is -0.148. The number of amides is 12. The third kappa shape index (κ3) is 23.3. The SMILES string of the molecule is CC(=O)N[C@@H]1C(=O)N[C@@H](CCC(=O)O)C(=O)N[C@@H](Cc2c[nH]cn2)C(=O)N[C@H](Cc2ccc3ccccc3c2)C(=O)N[C@@H](CCCNC(=N)N)C(=O)N[C@@H](Cc2c[nH]c3ccccc23)C(=O)N[C@H](C(=O)N2CCC[C@H]2C(=O)N2CCC[C@H]2C(=O)N[C@@H](CCCCN)C(=O)N[C@@H](CC(=O)O)C(N)=O)CSSC1(C)C. The molecule has 0 bridgehead atoms. The smallest absolute Gasteiger partial charge is 0.305 e. The molecule has 8 rings (SSSR count). The van der Waals surface area contributed by atoms with Gasteiger partial charge in [0.2, 0.25) is 70.9 Å². The van der Waals surface area contributed by atoms with Gasteiger partial charge in [-0.2, -0.15) is 0 Å². The number of rotatable bonds is 27. The lowest BCUT2D eigenvalue weighted by Gasteiger charge is -2.35. The number of nitrogens with one attached hydrogen (secondary N) is 13. The van der Waals surface area contributed by atoms with Gasteiger partial charge < -0.3 is 100 Å². The number of hydrogen-bond acceptors (Lipinski definition) is 19. The monoisotopic (exact) mass is 1530 g/mol. The van der Waals surface area contributed by atoms with Crippen LogP contribution in [0.25, 0.3) is 21.7 Å². The number of carboxylic acids is 2. The molecule has 3 aliphatic rings. The molecule has 2 aromatic heterocycles. The maximum atomic E-state index is 15.7. The van der Waals surface area contributed by atoms with Crippen molar-refractivity contribution in [3.8, 4) is 0 Å². The summed E-state index contributed by atoms with van der Waals surface area (Å²) in [6, 6.07) is 3.32. The molecule has 3 saturated heterocycles. The van der Waals surface area contributed by atoms with Gasteiger partial charge in [-0.25, -0.2) is 4.98 Å². The minimum atomic E-state index is -1.71. The lowest BCUT2D eigenvalue weighted by Crippen LogP contribution is -2.62. The van der Waals surface area contributed by atoms with E-state index in [1.165, 1.54) is 22.3 Å². The van der Waals surface area contributed by atoms with Crippen molar-refractivity contribution in [2.24, 2.45) is 17.2 Å². The summed E-state index contributed by atoms with van der Waals surface area (Å²) in [6.45, 7) is 4.50. The van der Waals surface area contributed by atoms with Crippen molar-refractivity contribution >= 4 is 132 Å². The van der Waals surface area contributed by atoms with E-state index in [1.807, 2.05) is 30.3 Å². The van der Waals surface area contributed by atoms with E-state index in [4.69, 9.17) is 22.6 Å². The second-order valence-corrected chi connectivity index (χ2v) is 30.4. The van der Waals surface area contributed by atoms with Crippen LogP contribution in [0.3, 0.4) is 0 Å². The van der Waals surface area contributed by atoms with Gasteiger partial charge in [0.05, 0.1) is 18.4 Å². The number of aromatic amines is 2. The first-order chi connectivity index (χ1) is 51.5. The van der Waals surface area contributed by atoms with Crippen LogP contribution in [0.2, 0.25) is 0 Å². The predicted octanol–water partition coefficient (Wildman–Crippen LogP) is -1.17. The molecule has 0 spiro atoms. The fraction of sp³-hybridized carbons (Fsp3) is 0.493. The van der Waals surface area contributed by atoms with Crippen LogP contribution in [0.15, 0.2) is 85.5 Å². The number of imidazole rings is 1. The Kier molecular flexibility index (Phi) is 30.0. The average Bonchev–Trinajstić information content (AvgIpc) is 1.64. The Bertz CT molecular complexity index is 4120. The van der Waals surface area contributed by atoms with E-state index in [0.29, 0.717) is 41.3 Å². The highest BCUT2D eigenvalue weighted by molar-refractivity contribution is 8.77. The maximum Gasteiger partial charge on any atom is 0.305 e. The number of hydrogen-bond donors (Lipinski definition) is 18. The summed E-state index contributed by atoms with van der Waals surface area (Å²) in [7, 11) is 1.92. The molecule has 3 fully saturated rings. The molecule has 3 aliphatic heterocycles. The zero-order valence-corrected chi connectivity index (χ0v) is 61.7. The van der Waals surface area contributed by atoms with E-state index in [9.17, 15) is 48.6 Å². The molecule has 0 radical (unpaired) electrons. The molecule has 21 N–H and O–H groups in total. The Hall–Kier alpha value is -10.8. The number of carbonyl (C=O) groups excluding carboxylic acids is 12. The molecule has 5 aromatic rings. The van der Waals surface area contributed by atoms with Crippen LogP contribution in [0.4, 0.5) is 0 Å². The summed E-state index contributed by atoms with van der Waals surface area (Å²) < 4.78 is -1.44. The number of unbranched alkanes of at least 4 members (excludes halogenated alkanes) is 1. The van der Waals surface area contributed by atoms with E-state index in [2.05, 4.69) is 68.1 Å². The summed E-state index contributed by atoms with van der Waals surface area (Å²) in [6.07, 6.45) is 2.95. The molecule has 582 valence electrons. The molecule has 0 aliphatic carbocycles. The average molecular weight is 1530 g/mol. The number of fused-ring (bicyclic) bond motifs is 2. The van der Waals surface area contributed by atoms with E-state index in [1.54, 1.807) is 56.4 Å². The van der Waals surface area contributed by atoms with Gasteiger partial charge in [-0.1, -0.05) is 82.3 Å². The molecule has 0 unspecified atom stereocenters. The van der Waals surface area contributed by atoms with Gasteiger partial charge >= 0.3 is 11.9 Å². The number of carbonyl (C=O) groups is 14. The number of benzene rings is 3. The number of para-hydroxylation sites is 1. The van der Waals surface area contributed by atoms with E-state index < -0.39 is 179 Å². The normalized spacial score (nSPS) is 22.6. The maximum absolute atomic E-state index is 15.7. The van der Waals surface area contributed by atoms with Crippen LogP contribution in [0.1, 0.15) is 115 Å². The first kappa shape index (κ1) is 82.8. The molecule has 5 heterocycles. The highest BCUT2D eigenvalue weighted by Crippen LogP contribution is 2.39. The molecular weight excluding hydrogens is 1440 g/mol. The van der Waals surface area contributed by atoms with Gasteiger partial charge in [0.1, 0.15) is 66.5 Å². The fourth-order valence-electron chi connectivity index (χ4n) is 13.2. The molecular formula is C71H95N19O16S2. The lowest BCUT2D eigenvalue weighted by atomic mass is 9.99. The number of nitrogens with two attached hydrogens (primary N) is 3. The first-order valence-electron chi connectivity index (χ1n) is 35.6. The van der Waals surface area contributed by atoms with Crippen molar-refractivity contribution in [3.63, 3.8) is 0 Å². The number of aliphatic carboxylic acids is 2. The van der Waals surface area contributed by atoms with Crippen LogP contribution < -0.4 is 70.4 Å². The van der Waals surface area contributed by atoms with Crippen molar-refractivity contribution in [2.75, 3.05) is 31.9 Å². The number of likely N-dealkylation sites (tertiary alicyclic amines) is 2. The number of primary amides is 1. The third-order valence-corrected chi connectivity index (χ3v) is 22.1. The Morgan fingerprint density at radius 1 is 0.676 bits per heavy atom. The van der Waals surface area contributed by atoms with Crippen LogP contribution in [-0.2, 0) is 86.4 Å². The van der Waals surface area contributed by atoms with Crippen LogP contribution in [0.5, 0.6) is 0 Å². The Morgan fingerprint density at radius 2 is 1.29 bits per heavy atom. The standard InChI is InChI=1S/C71H95N19O16S2/c1-38(91)80-58-67(104)83-48(23-24-56(92)93)62(99)87-52(32-43-35-76-37-79-43)65(102)85-50(30-39-21-22-40-13-4-5-14-41(40)29-39)63(100)81-47(18-10-26-77-70(74)75)61(98)86-51(31-42-34-78-45-16-7-6-15-44(42)45)64(101)88-53(36-107-108-71(58,2)3)68(105)90-28-12-20-55(90)69(106)89-27-11-19-54(89)66(103)82-46(17-8-9-25-72)60(97)84-49(59(73)96)33-57(94)95/h4-7,13-16,21-22,29,34-35,37,46-55,58,78H,8-12,17-20,23-28,30-33,36,72H2,1-3H3,(H2,73,96)(H,76,79)(H,80,91)(H,81,100)(H,82,103)(H,83,104)(H,84,97)(H,85,102)(H,86,98)(H,87,99)(H,88,101)(H,92,93)(H,94,95)(H4,74,75,77)/t46-,47-,48-,49-,50+,51-,52-,53-,54-,55-,58+/m0/s1. The van der Waals surface area contributed by atoms with E-state index in [-0.39, 0.29) is 95.4 Å². The fourth-order valence-corrected chi connectivity index (χ4v) is 16.0. The van der Waals surface area contributed by atoms with Crippen LogP contribution in [0, 0.1) is 5.41 Å². The number of H-pyrrole nitrogens is 2. The number of aromatic nitrogens is 3. The van der Waals surface area contributed by atoms with Crippen molar-refractivity contribution < 1.29 is 77.3 Å². The Labute approximate surface area is 629 Å². The van der Waals surface area contributed by atoms with E-state index >= 15 is 28.8 Å². The second kappa shape index (κ2) is 39.2. The van der Waals surface area contributed by atoms with Crippen LogP contribution >= 0.6 is 21.6 Å². The highest BCUT2D eigenvalue weighted by atomic mass is 33.1. The Morgan fingerprint density at radius 3 is 1.94 bits per heavy atom. The zero-order valence-electron chi connectivity index (χ0n) is 60.1. The minimum absolute atomic E-state index is 0.000979. The van der Waals surface area contributed by atoms with Gasteiger partial charge in [0.25, 0.3) is 0 Å². The minimum Gasteiger partial charge on any atom is -0.481 e. The van der Waals surface area contributed by atoms with Crippen molar-refractivity contribution in [1.29, 1.82) is 5.41 Å². The zero-order chi connectivity index (χ0) is 78.4. The Balaban J connectivity index is 1.19. The number of nitrogens with zero attached hydrogens (tertiary/aromatic N) is 3. The molecule has 35 nitrogen and oxygen atoms in total. The van der Waals surface area contributed by atoms with Crippen molar-refractivity contribution in [1.82, 2.24) is 77.9 Å². The molecule has 37 heteroatoms. The van der Waals surface area contributed by atoms with Gasteiger partial charge in [0, 0.05) is 86.0 Å². The number of carboxylic acid groups (broad SMARTS) is 2. The highest BCUT2D eigenvalue weighted by Gasteiger charge is 2.46. The first-order valence-corrected chi connectivity index (χ1v) is 37.9. The predicted molar refractivity (Wildman–Crippen MR) is 399 cm³/mol. The van der Waals surface area contributed by atoms with Gasteiger partial charge in [-0.3, -0.25) is 72.5 Å². The van der Waals surface area contributed by atoms with Crippen LogP contribution in [-0.4, -0.2) is 227 Å². The van der Waals surface area contributed by atoms with Gasteiger partial charge in [0.15, 0.2) is 5.96 Å². The molecule has 0 saturated carbocycles. The van der Waals surface area contributed by atoms with E-state index in [0.717, 1.165) is 39.3 Å². The largest absolute Gasteiger partial charge is 0.481 e. The molecule has 12 amide bonds. The molecule has 108 heavy (non-hydrogen) atoms. The molecule has 11 atom stereocenters.